The van der Waals surface area contributed by atoms with Crippen LogP contribution in [0.1, 0.15) is 11.4 Å². The second-order valence-electron chi connectivity index (χ2n) is 6.21. The van der Waals surface area contributed by atoms with Gasteiger partial charge in [-0.3, -0.25) is 14.5 Å². The maximum atomic E-state index is 13.2. The van der Waals surface area contributed by atoms with Crippen molar-refractivity contribution in [2.24, 2.45) is 7.05 Å². The molecule has 0 spiro atoms. The fourth-order valence-electron chi connectivity index (χ4n) is 3.09. The summed E-state index contributed by atoms with van der Waals surface area (Å²) in [5.74, 6) is -0.303. The smallest absolute Gasteiger partial charge is 0.170 e. The number of rotatable bonds is 4. The molecule has 0 amide bonds. The van der Waals surface area contributed by atoms with E-state index in [0.29, 0.717) is 5.58 Å². The highest BCUT2D eigenvalue weighted by molar-refractivity contribution is 5.79. The minimum absolute atomic E-state index is 0.303. The molecule has 0 unspecified atom stereocenters. The number of aryl methyl sites for hydroxylation is 1. The molecule has 0 saturated carbocycles. The van der Waals surface area contributed by atoms with E-state index in [4.69, 9.17) is 4.52 Å². The lowest BCUT2D eigenvalue weighted by Crippen LogP contribution is -2.45. The van der Waals surface area contributed by atoms with Crippen LogP contribution in [0.25, 0.3) is 11.0 Å². The molecule has 2 aromatic heterocycles. The molecule has 126 valence electrons. The number of hydrogen-bond donors (Lipinski definition) is 0. The van der Waals surface area contributed by atoms with E-state index in [0.717, 1.165) is 56.0 Å². The molecular formula is C16H19FN6O. The van der Waals surface area contributed by atoms with Crippen molar-refractivity contribution >= 4 is 11.0 Å². The second-order valence-corrected chi connectivity index (χ2v) is 6.21. The van der Waals surface area contributed by atoms with Gasteiger partial charge in [-0.15, -0.1) is 5.10 Å². The van der Waals surface area contributed by atoms with Gasteiger partial charge in [0.25, 0.3) is 0 Å². The van der Waals surface area contributed by atoms with E-state index in [9.17, 15) is 4.39 Å². The largest absolute Gasteiger partial charge is 0.356 e. The third-order valence-corrected chi connectivity index (χ3v) is 4.38. The summed E-state index contributed by atoms with van der Waals surface area (Å²) in [7, 11) is 1.88. The van der Waals surface area contributed by atoms with Gasteiger partial charge in [-0.05, 0) is 12.1 Å². The molecule has 1 aliphatic rings. The summed E-state index contributed by atoms with van der Waals surface area (Å²) in [5, 5.41) is 13.1. The molecule has 7 nitrogen and oxygen atoms in total. The van der Waals surface area contributed by atoms with Gasteiger partial charge in [0.05, 0.1) is 5.69 Å². The Labute approximate surface area is 138 Å². The molecule has 24 heavy (non-hydrogen) atoms. The Hall–Kier alpha value is -2.32. The van der Waals surface area contributed by atoms with Gasteiger partial charge in [0.1, 0.15) is 11.5 Å². The van der Waals surface area contributed by atoms with Crippen LogP contribution in [-0.4, -0.2) is 56.1 Å². The Morgan fingerprint density at radius 1 is 1.12 bits per heavy atom. The molecule has 3 aromatic rings. The summed E-state index contributed by atoms with van der Waals surface area (Å²) in [6.07, 6.45) is 1.95. The molecule has 8 heteroatoms. The first-order valence-corrected chi connectivity index (χ1v) is 8.01. The van der Waals surface area contributed by atoms with E-state index < -0.39 is 0 Å². The van der Waals surface area contributed by atoms with Crippen LogP contribution in [0.3, 0.4) is 0 Å². The van der Waals surface area contributed by atoms with Crippen LogP contribution in [0.2, 0.25) is 0 Å². The fourth-order valence-corrected chi connectivity index (χ4v) is 3.09. The Kier molecular flexibility index (Phi) is 3.99. The van der Waals surface area contributed by atoms with Crippen molar-refractivity contribution in [3.63, 3.8) is 0 Å². The van der Waals surface area contributed by atoms with Crippen LogP contribution >= 0.6 is 0 Å². The molecule has 3 heterocycles. The summed E-state index contributed by atoms with van der Waals surface area (Å²) in [4.78, 5) is 4.71. The predicted octanol–water partition coefficient (Wildman–Crippen LogP) is 1.41. The first-order valence-electron chi connectivity index (χ1n) is 8.01. The molecule has 1 aromatic carbocycles. The zero-order chi connectivity index (χ0) is 16.5. The molecule has 1 saturated heterocycles. The molecule has 0 N–H and O–H groups in total. The van der Waals surface area contributed by atoms with E-state index >= 15 is 0 Å². The number of fused-ring (bicyclic) bond motifs is 1. The van der Waals surface area contributed by atoms with Crippen molar-refractivity contribution in [1.29, 1.82) is 0 Å². The van der Waals surface area contributed by atoms with Gasteiger partial charge < -0.3 is 4.52 Å². The van der Waals surface area contributed by atoms with E-state index in [-0.39, 0.29) is 5.82 Å². The number of piperazine rings is 1. The maximum Gasteiger partial charge on any atom is 0.170 e. The molecular weight excluding hydrogens is 311 g/mol. The van der Waals surface area contributed by atoms with Gasteiger partial charge in [0.2, 0.25) is 0 Å². The van der Waals surface area contributed by atoms with Crippen LogP contribution in [0.4, 0.5) is 4.39 Å². The predicted molar refractivity (Wildman–Crippen MR) is 85.5 cm³/mol. The van der Waals surface area contributed by atoms with Gasteiger partial charge in [-0.2, -0.15) is 0 Å². The Bertz CT molecular complexity index is 836. The molecule has 1 fully saturated rings. The van der Waals surface area contributed by atoms with Gasteiger partial charge in [-0.25, -0.2) is 4.39 Å². The minimum atomic E-state index is -0.303. The Balaban J connectivity index is 1.35. The van der Waals surface area contributed by atoms with Crippen LogP contribution in [0.5, 0.6) is 0 Å². The highest BCUT2D eigenvalue weighted by Gasteiger charge is 2.20. The lowest BCUT2D eigenvalue weighted by Gasteiger charge is -2.33. The zero-order valence-corrected chi connectivity index (χ0v) is 13.5. The molecule has 0 bridgehead atoms. The van der Waals surface area contributed by atoms with Crippen LogP contribution in [0, 0.1) is 5.82 Å². The van der Waals surface area contributed by atoms with Crippen LogP contribution in [0.15, 0.2) is 28.9 Å². The van der Waals surface area contributed by atoms with E-state index in [1.54, 1.807) is 10.7 Å². The number of nitrogens with zero attached hydrogens (tertiary/aromatic N) is 6. The summed E-state index contributed by atoms with van der Waals surface area (Å²) in [5.41, 5.74) is 2.37. The highest BCUT2D eigenvalue weighted by atomic mass is 19.1. The molecule has 1 aliphatic heterocycles. The van der Waals surface area contributed by atoms with Gasteiger partial charge in [0.15, 0.2) is 5.58 Å². The summed E-state index contributed by atoms with van der Waals surface area (Å²) >= 11 is 0. The number of benzene rings is 1. The number of aromatic nitrogens is 4. The van der Waals surface area contributed by atoms with Crippen molar-refractivity contribution in [1.82, 2.24) is 30.0 Å². The van der Waals surface area contributed by atoms with E-state index in [1.165, 1.54) is 12.1 Å². The molecule has 0 radical (unpaired) electrons. The maximum absolute atomic E-state index is 13.2. The summed E-state index contributed by atoms with van der Waals surface area (Å²) in [6.45, 7) is 5.40. The normalized spacial score (nSPS) is 16.9. The summed E-state index contributed by atoms with van der Waals surface area (Å²) < 4.78 is 20.2. The van der Waals surface area contributed by atoms with Crippen LogP contribution < -0.4 is 0 Å². The van der Waals surface area contributed by atoms with Gasteiger partial charge in [-0.1, -0.05) is 10.4 Å². The Morgan fingerprint density at radius 2 is 1.88 bits per heavy atom. The SMILES string of the molecule is Cn1cc(CN2CCN(Cc3noc4cc(F)ccc34)CC2)nn1. The zero-order valence-electron chi connectivity index (χ0n) is 13.5. The second kappa shape index (κ2) is 6.29. The Morgan fingerprint density at radius 3 is 2.58 bits per heavy atom. The average Bonchev–Trinajstić information content (AvgIpc) is 3.15. The fraction of sp³-hybridized carbons (Fsp3) is 0.438. The molecule has 0 aliphatic carbocycles. The van der Waals surface area contributed by atoms with Gasteiger partial charge in [0, 0.05) is 64.0 Å². The first kappa shape index (κ1) is 15.2. The lowest BCUT2D eigenvalue weighted by atomic mass is 10.2. The van der Waals surface area contributed by atoms with Gasteiger partial charge >= 0.3 is 0 Å². The lowest BCUT2D eigenvalue weighted by molar-refractivity contribution is 0.119. The average molecular weight is 330 g/mol. The standard InChI is InChI=1S/C16H19FN6O/c1-21-9-13(18-20-21)10-22-4-6-23(7-5-22)11-15-14-3-2-12(17)8-16(14)24-19-15/h2-3,8-9H,4-7,10-11H2,1H3. The monoisotopic (exact) mass is 330 g/mol. The van der Waals surface area contributed by atoms with Crippen LogP contribution in [-0.2, 0) is 20.1 Å². The quantitative estimate of drug-likeness (QED) is 0.721. The highest BCUT2D eigenvalue weighted by Crippen LogP contribution is 2.21. The summed E-state index contributed by atoms with van der Waals surface area (Å²) in [6, 6.07) is 4.56. The van der Waals surface area contributed by atoms with E-state index in [2.05, 4.69) is 25.3 Å². The molecule has 0 atom stereocenters. The van der Waals surface area contributed by atoms with Crippen molar-refractivity contribution in [3.8, 4) is 0 Å². The molecule has 4 rings (SSSR count). The minimum Gasteiger partial charge on any atom is -0.356 e. The third-order valence-electron chi connectivity index (χ3n) is 4.38. The first-order chi connectivity index (χ1) is 11.7. The topological polar surface area (TPSA) is 63.2 Å². The van der Waals surface area contributed by atoms with E-state index in [1.807, 2.05) is 13.2 Å². The van der Waals surface area contributed by atoms with Crippen molar-refractivity contribution in [2.45, 2.75) is 13.1 Å². The van der Waals surface area contributed by atoms with Crippen molar-refractivity contribution in [3.05, 3.63) is 41.6 Å². The number of hydrogen-bond acceptors (Lipinski definition) is 6. The van der Waals surface area contributed by atoms with Crippen molar-refractivity contribution < 1.29 is 8.91 Å². The third kappa shape index (κ3) is 3.15. The number of halogens is 1. The van der Waals surface area contributed by atoms with Crippen molar-refractivity contribution in [2.75, 3.05) is 26.2 Å².